The van der Waals surface area contributed by atoms with Crippen LogP contribution in [0.5, 0.6) is 0 Å². The van der Waals surface area contributed by atoms with E-state index < -0.39 is 0 Å². The molecule has 2 nitrogen and oxygen atoms in total. The van der Waals surface area contributed by atoms with Gasteiger partial charge in [-0.2, -0.15) is 0 Å². The van der Waals surface area contributed by atoms with E-state index in [1.54, 1.807) is 0 Å². The molecule has 0 bridgehead atoms. The van der Waals surface area contributed by atoms with E-state index in [1.165, 1.54) is 49.0 Å². The fraction of sp³-hybridized carbons (Fsp3) is 0.571. The number of piperidine rings is 1. The normalized spacial score (nSPS) is 17.6. The van der Waals surface area contributed by atoms with Crippen molar-refractivity contribution in [3.8, 4) is 0 Å². The number of aryl methyl sites for hydroxylation is 2. The molecule has 0 unspecified atom stereocenters. The molecule has 1 aliphatic heterocycles. The summed E-state index contributed by atoms with van der Waals surface area (Å²) >= 11 is 0. The second-order valence-electron chi connectivity index (χ2n) is 4.88. The zero-order valence-corrected chi connectivity index (χ0v) is 10.4. The van der Waals surface area contributed by atoms with Crippen molar-refractivity contribution in [2.45, 2.75) is 39.7 Å². The van der Waals surface area contributed by atoms with Gasteiger partial charge in [-0.1, -0.05) is 35.7 Å². The van der Waals surface area contributed by atoms with Crippen LogP contribution in [0.4, 0.5) is 0 Å². The average Bonchev–Trinajstić information content (AvgIpc) is 2.27. The van der Waals surface area contributed by atoms with Gasteiger partial charge in [0.1, 0.15) is 0 Å². The van der Waals surface area contributed by atoms with Gasteiger partial charge >= 0.3 is 0 Å². The molecule has 0 amide bonds. The Hall–Kier alpha value is -0.860. The van der Waals surface area contributed by atoms with Crippen molar-refractivity contribution >= 4 is 0 Å². The van der Waals surface area contributed by atoms with Crippen LogP contribution in [-0.2, 0) is 6.54 Å². The maximum Gasteiger partial charge on any atom is 0.0353 e. The topological polar surface area (TPSA) is 15.3 Å². The Labute approximate surface area is 98.6 Å². The van der Waals surface area contributed by atoms with Gasteiger partial charge < -0.3 is 0 Å². The molecule has 0 saturated carbocycles. The maximum absolute atomic E-state index is 3.53. The number of rotatable bonds is 3. The Morgan fingerprint density at radius 1 is 1.00 bits per heavy atom. The zero-order valence-electron chi connectivity index (χ0n) is 10.4. The van der Waals surface area contributed by atoms with Crippen LogP contribution in [0.2, 0.25) is 0 Å². The SMILES string of the molecule is Cc1cc(C)cc(CNN2CCCCC2)c1. The first-order chi connectivity index (χ1) is 7.74. The van der Waals surface area contributed by atoms with Crippen molar-refractivity contribution in [1.29, 1.82) is 0 Å². The molecule has 1 heterocycles. The fourth-order valence-corrected chi connectivity index (χ4v) is 2.43. The van der Waals surface area contributed by atoms with Gasteiger partial charge in [-0.25, -0.2) is 5.01 Å². The molecule has 0 aromatic heterocycles. The number of hydrogen-bond acceptors (Lipinski definition) is 2. The highest BCUT2D eigenvalue weighted by molar-refractivity contribution is 5.28. The third-order valence-corrected chi connectivity index (χ3v) is 3.14. The third-order valence-electron chi connectivity index (χ3n) is 3.14. The van der Waals surface area contributed by atoms with E-state index in [0.717, 1.165) is 6.54 Å². The average molecular weight is 218 g/mol. The van der Waals surface area contributed by atoms with Crippen LogP contribution in [-0.4, -0.2) is 18.1 Å². The number of benzene rings is 1. The van der Waals surface area contributed by atoms with Crippen LogP contribution < -0.4 is 5.43 Å². The molecule has 1 saturated heterocycles. The summed E-state index contributed by atoms with van der Waals surface area (Å²) in [5, 5.41) is 2.36. The van der Waals surface area contributed by atoms with Crippen molar-refractivity contribution < 1.29 is 0 Å². The summed E-state index contributed by atoms with van der Waals surface area (Å²) in [4.78, 5) is 0. The molecule has 2 rings (SSSR count). The largest absolute Gasteiger partial charge is 0.251 e. The number of nitrogens with zero attached hydrogens (tertiary/aromatic N) is 1. The predicted octanol–water partition coefficient (Wildman–Crippen LogP) is 2.79. The van der Waals surface area contributed by atoms with Crippen LogP contribution in [0.1, 0.15) is 36.0 Å². The molecule has 16 heavy (non-hydrogen) atoms. The highest BCUT2D eigenvalue weighted by Crippen LogP contribution is 2.10. The van der Waals surface area contributed by atoms with Crippen LogP contribution in [0.3, 0.4) is 0 Å². The second kappa shape index (κ2) is 5.46. The fourth-order valence-electron chi connectivity index (χ4n) is 2.43. The van der Waals surface area contributed by atoms with Crippen molar-refractivity contribution in [2.75, 3.05) is 13.1 Å². The summed E-state index contributed by atoms with van der Waals surface area (Å²) in [5.41, 5.74) is 7.63. The molecule has 88 valence electrons. The van der Waals surface area contributed by atoms with E-state index in [0.29, 0.717) is 0 Å². The number of hydrogen-bond donors (Lipinski definition) is 1. The van der Waals surface area contributed by atoms with Gasteiger partial charge in [-0.15, -0.1) is 0 Å². The minimum Gasteiger partial charge on any atom is -0.251 e. The van der Waals surface area contributed by atoms with Crippen molar-refractivity contribution in [2.24, 2.45) is 0 Å². The lowest BCUT2D eigenvalue weighted by atomic mass is 10.1. The highest BCUT2D eigenvalue weighted by Gasteiger charge is 2.08. The Kier molecular flexibility index (Phi) is 3.97. The van der Waals surface area contributed by atoms with Crippen LogP contribution in [0, 0.1) is 13.8 Å². The summed E-state index contributed by atoms with van der Waals surface area (Å²) in [5.74, 6) is 0. The van der Waals surface area contributed by atoms with E-state index >= 15 is 0 Å². The molecule has 0 aliphatic carbocycles. The predicted molar refractivity (Wildman–Crippen MR) is 68.2 cm³/mol. The molecular weight excluding hydrogens is 196 g/mol. The summed E-state index contributed by atoms with van der Waals surface area (Å²) in [6.07, 6.45) is 4.06. The standard InChI is InChI=1S/C14H22N2/c1-12-8-13(2)10-14(9-12)11-15-16-6-4-3-5-7-16/h8-10,15H,3-7,11H2,1-2H3. The van der Waals surface area contributed by atoms with Crippen molar-refractivity contribution in [3.05, 3.63) is 34.9 Å². The molecule has 2 heteroatoms. The molecule has 1 aliphatic rings. The quantitative estimate of drug-likeness (QED) is 0.839. The van der Waals surface area contributed by atoms with Gasteiger partial charge in [0, 0.05) is 19.6 Å². The van der Waals surface area contributed by atoms with E-state index in [1.807, 2.05) is 0 Å². The summed E-state index contributed by atoms with van der Waals surface area (Å²) in [6, 6.07) is 6.76. The monoisotopic (exact) mass is 218 g/mol. The minimum atomic E-state index is 0.961. The molecule has 1 fully saturated rings. The third kappa shape index (κ3) is 3.32. The number of hydrazine groups is 1. The minimum absolute atomic E-state index is 0.961. The lowest BCUT2D eigenvalue weighted by Gasteiger charge is -2.27. The highest BCUT2D eigenvalue weighted by atomic mass is 15.5. The summed E-state index contributed by atoms with van der Waals surface area (Å²) < 4.78 is 0. The first-order valence-corrected chi connectivity index (χ1v) is 6.30. The molecule has 0 spiro atoms. The van der Waals surface area contributed by atoms with Gasteiger partial charge in [0.25, 0.3) is 0 Å². The zero-order chi connectivity index (χ0) is 11.4. The Morgan fingerprint density at radius 3 is 2.25 bits per heavy atom. The molecular formula is C14H22N2. The molecule has 1 aromatic carbocycles. The molecule has 1 aromatic rings. The van der Waals surface area contributed by atoms with Gasteiger partial charge in [-0.05, 0) is 32.3 Å². The van der Waals surface area contributed by atoms with Gasteiger partial charge in [0.15, 0.2) is 0 Å². The first-order valence-electron chi connectivity index (χ1n) is 6.30. The summed E-state index contributed by atoms with van der Waals surface area (Å²) in [7, 11) is 0. The maximum atomic E-state index is 3.53. The van der Waals surface area contributed by atoms with Crippen LogP contribution >= 0.6 is 0 Å². The van der Waals surface area contributed by atoms with Crippen LogP contribution in [0.25, 0.3) is 0 Å². The summed E-state index contributed by atoms with van der Waals surface area (Å²) in [6.45, 7) is 7.69. The molecule has 0 atom stereocenters. The Bertz CT molecular complexity index is 320. The van der Waals surface area contributed by atoms with E-state index in [-0.39, 0.29) is 0 Å². The number of nitrogens with one attached hydrogen (secondary N) is 1. The van der Waals surface area contributed by atoms with Crippen LogP contribution in [0.15, 0.2) is 18.2 Å². The van der Waals surface area contributed by atoms with Crippen molar-refractivity contribution in [3.63, 3.8) is 0 Å². The van der Waals surface area contributed by atoms with Gasteiger partial charge in [0.2, 0.25) is 0 Å². The van der Waals surface area contributed by atoms with Crippen molar-refractivity contribution in [1.82, 2.24) is 10.4 Å². The van der Waals surface area contributed by atoms with Gasteiger partial charge in [-0.3, -0.25) is 5.43 Å². The Balaban J connectivity index is 1.88. The Morgan fingerprint density at radius 2 is 1.62 bits per heavy atom. The first kappa shape index (κ1) is 11.6. The second-order valence-corrected chi connectivity index (χ2v) is 4.88. The van der Waals surface area contributed by atoms with E-state index in [9.17, 15) is 0 Å². The lowest BCUT2D eigenvalue weighted by molar-refractivity contribution is 0.151. The smallest absolute Gasteiger partial charge is 0.0353 e. The molecule has 0 radical (unpaired) electrons. The molecule has 1 N–H and O–H groups in total. The van der Waals surface area contributed by atoms with E-state index in [2.05, 4.69) is 42.5 Å². The van der Waals surface area contributed by atoms with Gasteiger partial charge in [0.05, 0.1) is 0 Å². The van der Waals surface area contributed by atoms with E-state index in [4.69, 9.17) is 0 Å². The lowest BCUT2D eigenvalue weighted by Crippen LogP contribution is -2.41.